The van der Waals surface area contributed by atoms with Crippen molar-refractivity contribution in [2.75, 3.05) is 0 Å². The zero-order chi connectivity index (χ0) is 14.3. The Morgan fingerprint density at radius 3 is 2.42 bits per heavy atom. The van der Waals surface area contributed by atoms with Crippen molar-refractivity contribution in [2.24, 2.45) is 0 Å². The Bertz CT molecular complexity index is 456. The second-order valence-electron chi connectivity index (χ2n) is 7.28. The largest absolute Gasteiger partial charge is 0.413 e. The molecule has 0 aromatic heterocycles. The molecule has 106 valence electrons. The first kappa shape index (κ1) is 14.8. The molecule has 0 saturated heterocycles. The molecule has 1 N–H and O–H groups in total. The molecule has 0 spiro atoms. The Balaban J connectivity index is 2.04. The minimum Gasteiger partial charge on any atom is -0.413 e. The molecule has 0 unspecified atom stereocenters. The Morgan fingerprint density at radius 1 is 1.26 bits per heavy atom. The van der Waals surface area contributed by atoms with Crippen LogP contribution >= 0.6 is 0 Å². The molecule has 1 aromatic rings. The quantitative estimate of drug-likeness (QED) is 0.837. The van der Waals surface area contributed by atoms with Crippen LogP contribution in [0.25, 0.3) is 0 Å². The molecule has 1 fully saturated rings. The van der Waals surface area contributed by atoms with Crippen molar-refractivity contribution in [1.29, 1.82) is 0 Å². The van der Waals surface area contributed by atoms with Crippen molar-refractivity contribution in [1.82, 2.24) is 0 Å². The van der Waals surface area contributed by atoms with Gasteiger partial charge in [-0.05, 0) is 42.1 Å². The monoisotopic (exact) mass is 278 g/mol. The van der Waals surface area contributed by atoms with Gasteiger partial charge in [-0.15, -0.1) is 0 Å². The Kier molecular flexibility index (Phi) is 3.67. The molecule has 1 aromatic carbocycles. The molecule has 0 heterocycles. The van der Waals surface area contributed by atoms with Gasteiger partial charge in [-0.3, -0.25) is 0 Å². The highest BCUT2D eigenvalue weighted by atomic mass is 28.4. The fraction of sp³-hybridized carbons (Fsp3) is 0.625. The van der Waals surface area contributed by atoms with Crippen LogP contribution in [0.5, 0.6) is 0 Å². The number of hydrogen-bond donors (Lipinski definition) is 1. The summed E-state index contributed by atoms with van der Waals surface area (Å²) < 4.78 is 6.23. The Hall–Kier alpha value is -0.643. The highest BCUT2D eigenvalue weighted by molar-refractivity contribution is 6.74. The van der Waals surface area contributed by atoms with Gasteiger partial charge in [0.1, 0.15) is 0 Å². The van der Waals surface area contributed by atoms with Gasteiger partial charge in [-0.25, -0.2) is 0 Å². The summed E-state index contributed by atoms with van der Waals surface area (Å²) in [5, 5.41) is 10.4. The summed E-state index contributed by atoms with van der Waals surface area (Å²) in [7, 11) is -1.70. The van der Waals surface area contributed by atoms with Crippen molar-refractivity contribution in [3.63, 3.8) is 0 Å². The summed E-state index contributed by atoms with van der Waals surface area (Å²) in [6, 6.07) is 8.22. The van der Waals surface area contributed by atoms with E-state index in [1.165, 1.54) is 5.56 Å². The summed E-state index contributed by atoms with van der Waals surface area (Å²) in [5.74, 6) is 0. The SMILES string of the molecule is CC(C)(C)[Si](C)(C)OCc1cccc(C2(O)CC2)c1. The topological polar surface area (TPSA) is 29.5 Å². The van der Waals surface area contributed by atoms with Crippen LogP contribution < -0.4 is 0 Å². The molecule has 2 rings (SSSR count). The maximum absolute atomic E-state index is 10.1. The predicted molar refractivity (Wildman–Crippen MR) is 81.6 cm³/mol. The molecule has 1 saturated carbocycles. The van der Waals surface area contributed by atoms with Crippen LogP contribution in [0, 0.1) is 0 Å². The molecule has 0 aliphatic heterocycles. The first-order valence-electron chi connectivity index (χ1n) is 7.10. The van der Waals surface area contributed by atoms with E-state index in [1.54, 1.807) is 0 Å². The highest BCUT2D eigenvalue weighted by Gasteiger charge is 2.42. The maximum Gasteiger partial charge on any atom is 0.192 e. The van der Waals surface area contributed by atoms with Crippen LogP contribution in [0.1, 0.15) is 44.7 Å². The summed E-state index contributed by atoms with van der Waals surface area (Å²) in [6.07, 6.45) is 1.78. The molecular formula is C16H26O2Si. The number of hydrogen-bond acceptors (Lipinski definition) is 2. The maximum atomic E-state index is 10.1. The minimum atomic E-state index is -1.70. The van der Waals surface area contributed by atoms with Gasteiger partial charge < -0.3 is 9.53 Å². The van der Waals surface area contributed by atoms with Crippen LogP contribution in [0.2, 0.25) is 18.1 Å². The molecule has 2 nitrogen and oxygen atoms in total. The van der Waals surface area contributed by atoms with Gasteiger partial charge in [0.15, 0.2) is 8.32 Å². The standard InChI is InChI=1S/C16H26O2Si/c1-15(2,3)19(4,5)18-12-13-7-6-8-14(11-13)16(17)9-10-16/h6-8,11,17H,9-10,12H2,1-5H3. The van der Waals surface area contributed by atoms with Crippen molar-refractivity contribution in [3.05, 3.63) is 35.4 Å². The lowest BCUT2D eigenvalue weighted by molar-refractivity contribution is 0.151. The average Bonchev–Trinajstić information content (AvgIpc) is 3.05. The van der Waals surface area contributed by atoms with Crippen LogP contribution in [0.4, 0.5) is 0 Å². The van der Waals surface area contributed by atoms with Gasteiger partial charge in [0, 0.05) is 0 Å². The highest BCUT2D eigenvalue weighted by Crippen LogP contribution is 2.45. The molecule has 3 heteroatoms. The average molecular weight is 278 g/mol. The van der Waals surface area contributed by atoms with E-state index in [2.05, 4.69) is 46.0 Å². The van der Waals surface area contributed by atoms with Crippen molar-refractivity contribution >= 4 is 8.32 Å². The van der Waals surface area contributed by atoms with Crippen LogP contribution in [-0.4, -0.2) is 13.4 Å². The lowest BCUT2D eigenvalue weighted by Gasteiger charge is -2.36. The first-order chi connectivity index (χ1) is 8.64. The normalized spacial score (nSPS) is 18.4. The Labute approximate surface area is 117 Å². The predicted octanol–water partition coefficient (Wildman–Crippen LogP) is 4.19. The molecule has 0 atom stereocenters. The van der Waals surface area contributed by atoms with Crippen LogP contribution in [0.15, 0.2) is 24.3 Å². The summed E-state index contributed by atoms with van der Waals surface area (Å²) in [5.41, 5.74) is 1.67. The van der Waals surface area contributed by atoms with E-state index in [4.69, 9.17) is 4.43 Å². The van der Waals surface area contributed by atoms with Crippen molar-refractivity contribution in [3.8, 4) is 0 Å². The fourth-order valence-corrected chi connectivity index (χ4v) is 2.80. The molecule has 0 bridgehead atoms. The van der Waals surface area contributed by atoms with E-state index in [0.717, 1.165) is 18.4 Å². The molecule has 1 aliphatic carbocycles. The lowest BCUT2D eigenvalue weighted by atomic mass is 10.1. The van der Waals surface area contributed by atoms with E-state index in [1.807, 2.05) is 12.1 Å². The second-order valence-corrected chi connectivity index (χ2v) is 12.1. The van der Waals surface area contributed by atoms with E-state index >= 15 is 0 Å². The molecule has 0 amide bonds. The zero-order valence-electron chi connectivity index (χ0n) is 12.8. The zero-order valence-corrected chi connectivity index (χ0v) is 13.8. The van der Waals surface area contributed by atoms with Gasteiger partial charge >= 0.3 is 0 Å². The van der Waals surface area contributed by atoms with E-state index in [0.29, 0.717) is 6.61 Å². The number of aliphatic hydroxyl groups is 1. The van der Waals surface area contributed by atoms with Gasteiger partial charge in [0.2, 0.25) is 0 Å². The summed E-state index contributed by atoms with van der Waals surface area (Å²) >= 11 is 0. The number of benzene rings is 1. The number of rotatable bonds is 4. The molecule has 0 radical (unpaired) electrons. The van der Waals surface area contributed by atoms with Gasteiger partial charge in [-0.2, -0.15) is 0 Å². The smallest absolute Gasteiger partial charge is 0.192 e. The van der Waals surface area contributed by atoms with Crippen LogP contribution in [-0.2, 0) is 16.6 Å². The first-order valence-corrected chi connectivity index (χ1v) is 10.0. The van der Waals surface area contributed by atoms with E-state index in [-0.39, 0.29) is 5.04 Å². The summed E-state index contributed by atoms with van der Waals surface area (Å²) in [6.45, 7) is 11.9. The second kappa shape index (κ2) is 4.72. The third kappa shape index (κ3) is 3.27. The van der Waals surface area contributed by atoms with Gasteiger partial charge in [-0.1, -0.05) is 45.0 Å². The molecular weight excluding hydrogens is 252 g/mol. The fourth-order valence-electron chi connectivity index (χ4n) is 1.84. The Morgan fingerprint density at radius 2 is 1.89 bits per heavy atom. The third-order valence-corrected chi connectivity index (χ3v) is 9.07. The van der Waals surface area contributed by atoms with Crippen molar-refractivity contribution in [2.45, 2.75) is 64.0 Å². The third-order valence-electron chi connectivity index (χ3n) is 4.59. The van der Waals surface area contributed by atoms with Gasteiger partial charge in [0.05, 0.1) is 12.2 Å². The lowest BCUT2D eigenvalue weighted by Crippen LogP contribution is -2.40. The van der Waals surface area contributed by atoms with Crippen LogP contribution in [0.3, 0.4) is 0 Å². The van der Waals surface area contributed by atoms with E-state index in [9.17, 15) is 5.11 Å². The van der Waals surface area contributed by atoms with Crippen molar-refractivity contribution < 1.29 is 9.53 Å². The summed E-state index contributed by atoms with van der Waals surface area (Å²) in [4.78, 5) is 0. The molecule has 1 aliphatic rings. The van der Waals surface area contributed by atoms with Gasteiger partial charge in [0.25, 0.3) is 0 Å². The van der Waals surface area contributed by atoms with E-state index < -0.39 is 13.9 Å². The molecule has 19 heavy (non-hydrogen) atoms. The minimum absolute atomic E-state index is 0.235.